The largest absolute Gasteiger partial charge is 0.496 e. The maximum Gasteiger partial charge on any atom is 0.122 e. The zero-order valence-electron chi connectivity index (χ0n) is 10.3. The highest BCUT2D eigenvalue weighted by Crippen LogP contribution is 2.34. The smallest absolute Gasteiger partial charge is 0.122 e. The number of nitrogens with two attached hydrogens (primary N) is 1. The van der Waals surface area contributed by atoms with Crippen LogP contribution in [0.2, 0.25) is 0 Å². The molecule has 0 saturated heterocycles. The molecule has 0 heterocycles. The summed E-state index contributed by atoms with van der Waals surface area (Å²) < 4.78 is 5.39. The van der Waals surface area contributed by atoms with Gasteiger partial charge in [-0.3, -0.25) is 0 Å². The van der Waals surface area contributed by atoms with Crippen LogP contribution in [0.1, 0.15) is 44.7 Å². The molecule has 1 rings (SSSR count). The number of benzene rings is 1. The highest BCUT2D eigenvalue weighted by atomic mass is 16.5. The van der Waals surface area contributed by atoms with Gasteiger partial charge in [-0.25, -0.2) is 0 Å². The van der Waals surface area contributed by atoms with Crippen molar-refractivity contribution in [3.63, 3.8) is 0 Å². The molecule has 0 atom stereocenters. The predicted molar refractivity (Wildman–Crippen MR) is 64.3 cm³/mol. The number of hydrogen-bond donors (Lipinski definition) is 1. The molecule has 0 radical (unpaired) electrons. The molecule has 2 N–H and O–H groups in total. The minimum atomic E-state index is -0.325. The molecule has 1 aromatic rings. The average Bonchev–Trinajstić information content (AvgIpc) is 2.15. The fourth-order valence-corrected chi connectivity index (χ4v) is 1.88. The topological polar surface area (TPSA) is 35.2 Å². The third-order valence-electron chi connectivity index (χ3n) is 2.56. The van der Waals surface area contributed by atoms with Gasteiger partial charge in [-0.15, -0.1) is 0 Å². The first-order valence-corrected chi connectivity index (χ1v) is 5.34. The first-order chi connectivity index (χ1) is 6.88. The summed E-state index contributed by atoms with van der Waals surface area (Å²) in [5, 5.41) is 0. The van der Waals surface area contributed by atoms with E-state index in [-0.39, 0.29) is 5.54 Å². The van der Waals surface area contributed by atoms with Crippen LogP contribution in [0.3, 0.4) is 0 Å². The maximum atomic E-state index is 6.16. The molecule has 0 bridgehead atoms. The third-order valence-corrected chi connectivity index (χ3v) is 2.56. The van der Waals surface area contributed by atoms with Crippen molar-refractivity contribution in [1.29, 1.82) is 0 Å². The molecule has 0 aliphatic heterocycles. The zero-order chi connectivity index (χ0) is 11.6. The van der Waals surface area contributed by atoms with Crippen LogP contribution >= 0.6 is 0 Å². The molecule has 2 heteroatoms. The Balaban J connectivity index is 3.39. The molecule has 0 aromatic heterocycles. The van der Waals surface area contributed by atoms with Gasteiger partial charge in [-0.05, 0) is 31.4 Å². The lowest BCUT2D eigenvalue weighted by Gasteiger charge is -2.26. The second kappa shape index (κ2) is 4.23. The summed E-state index contributed by atoms with van der Waals surface area (Å²) in [5.41, 5.74) is 8.22. The van der Waals surface area contributed by atoms with Gasteiger partial charge in [0.2, 0.25) is 0 Å². The molecule has 15 heavy (non-hydrogen) atoms. The molecule has 0 amide bonds. The Labute approximate surface area is 92.4 Å². The molecule has 84 valence electrons. The molecule has 0 saturated carbocycles. The highest BCUT2D eigenvalue weighted by Gasteiger charge is 2.22. The minimum absolute atomic E-state index is 0.325. The summed E-state index contributed by atoms with van der Waals surface area (Å²) in [6, 6.07) is 6.07. The van der Waals surface area contributed by atoms with Crippen molar-refractivity contribution < 1.29 is 4.74 Å². The highest BCUT2D eigenvalue weighted by molar-refractivity contribution is 5.45. The fraction of sp³-hybridized carbons (Fsp3) is 0.538. The van der Waals surface area contributed by atoms with E-state index in [1.165, 1.54) is 5.56 Å². The van der Waals surface area contributed by atoms with Crippen LogP contribution in [0.5, 0.6) is 5.75 Å². The van der Waals surface area contributed by atoms with Crippen molar-refractivity contribution in [3.05, 3.63) is 29.3 Å². The van der Waals surface area contributed by atoms with Gasteiger partial charge in [0.15, 0.2) is 0 Å². The Kier molecular flexibility index (Phi) is 3.40. The molecule has 0 fully saturated rings. The SMILES string of the molecule is COc1cccc(C(C)(C)N)c1C(C)C. The fourth-order valence-electron chi connectivity index (χ4n) is 1.88. The monoisotopic (exact) mass is 207 g/mol. The van der Waals surface area contributed by atoms with Crippen molar-refractivity contribution in [2.75, 3.05) is 7.11 Å². The number of ether oxygens (including phenoxy) is 1. The van der Waals surface area contributed by atoms with E-state index < -0.39 is 0 Å². The van der Waals surface area contributed by atoms with Gasteiger partial charge in [0.25, 0.3) is 0 Å². The number of hydrogen-bond acceptors (Lipinski definition) is 2. The van der Waals surface area contributed by atoms with Crippen molar-refractivity contribution in [3.8, 4) is 5.75 Å². The Morgan fingerprint density at radius 2 is 1.87 bits per heavy atom. The quantitative estimate of drug-likeness (QED) is 0.827. The summed E-state index contributed by atoms with van der Waals surface area (Å²) in [4.78, 5) is 0. The van der Waals surface area contributed by atoms with Crippen molar-refractivity contribution >= 4 is 0 Å². The lowest BCUT2D eigenvalue weighted by Crippen LogP contribution is -2.30. The van der Waals surface area contributed by atoms with Gasteiger partial charge in [0.05, 0.1) is 7.11 Å². The van der Waals surface area contributed by atoms with E-state index in [4.69, 9.17) is 10.5 Å². The average molecular weight is 207 g/mol. The molecule has 1 aromatic carbocycles. The van der Waals surface area contributed by atoms with E-state index in [0.29, 0.717) is 5.92 Å². The second-order valence-electron chi connectivity index (χ2n) is 4.80. The van der Waals surface area contributed by atoms with E-state index in [1.807, 2.05) is 26.0 Å². The first-order valence-electron chi connectivity index (χ1n) is 5.34. The summed E-state index contributed by atoms with van der Waals surface area (Å²) >= 11 is 0. The number of rotatable bonds is 3. The van der Waals surface area contributed by atoms with Gasteiger partial charge < -0.3 is 10.5 Å². The van der Waals surface area contributed by atoms with Gasteiger partial charge in [0, 0.05) is 11.1 Å². The summed E-state index contributed by atoms with van der Waals surface area (Å²) in [6.45, 7) is 8.36. The molecular formula is C13H21NO. The molecule has 2 nitrogen and oxygen atoms in total. The molecule has 0 unspecified atom stereocenters. The Morgan fingerprint density at radius 3 is 2.27 bits per heavy atom. The zero-order valence-corrected chi connectivity index (χ0v) is 10.3. The summed E-state index contributed by atoms with van der Waals surface area (Å²) in [7, 11) is 1.70. The van der Waals surface area contributed by atoms with E-state index in [0.717, 1.165) is 11.3 Å². The van der Waals surface area contributed by atoms with Crippen LogP contribution in [0, 0.1) is 0 Å². The van der Waals surface area contributed by atoms with E-state index in [2.05, 4.69) is 19.9 Å². The third kappa shape index (κ3) is 2.51. The van der Waals surface area contributed by atoms with Crippen molar-refractivity contribution in [2.45, 2.75) is 39.2 Å². The summed E-state index contributed by atoms with van der Waals surface area (Å²) in [5.74, 6) is 1.35. The van der Waals surface area contributed by atoms with Crippen LogP contribution in [-0.2, 0) is 5.54 Å². The van der Waals surface area contributed by atoms with E-state index >= 15 is 0 Å². The Bertz CT molecular complexity index is 337. The van der Waals surface area contributed by atoms with Gasteiger partial charge in [-0.1, -0.05) is 26.0 Å². The van der Waals surface area contributed by atoms with E-state index in [1.54, 1.807) is 7.11 Å². The number of methoxy groups -OCH3 is 1. The van der Waals surface area contributed by atoms with E-state index in [9.17, 15) is 0 Å². The Morgan fingerprint density at radius 1 is 1.27 bits per heavy atom. The van der Waals surface area contributed by atoms with Gasteiger partial charge in [-0.2, -0.15) is 0 Å². The van der Waals surface area contributed by atoms with Crippen molar-refractivity contribution in [1.82, 2.24) is 0 Å². The molecule has 0 aliphatic carbocycles. The second-order valence-corrected chi connectivity index (χ2v) is 4.80. The standard InChI is InChI=1S/C13H21NO/c1-9(2)12-10(13(3,4)14)7-6-8-11(12)15-5/h6-9H,14H2,1-5H3. The van der Waals surface area contributed by atoms with Gasteiger partial charge >= 0.3 is 0 Å². The molecule has 0 aliphatic rings. The first kappa shape index (κ1) is 12.1. The Hall–Kier alpha value is -1.02. The summed E-state index contributed by atoms with van der Waals surface area (Å²) in [6.07, 6.45) is 0. The normalized spacial score (nSPS) is 11.9. The van der Waals surface area contributed by atoms with Crippen LogP contribution in [-0.4, -0.2) is 7.11 Å². The van der Waals surface area contributed by atoms with Crippen LogP contribution < -0.4 is 10.5 Å². The lowest BCUT2D eigenvalue weighted by atomic mass is 9.86. The molecule has 0 spiro atoms. The molecular weight excluding hydrogens is 186 g/mol. The van der Waals surface area contributed by atoms with Crippen LogP contribution in [0.25, 0.3) is 0 Å². The maximum absolute atomic E-state index is 6.16. The van der Waals surface area contributed by atoms with Gasteiger partial charge in [0.1, 0.15) is 5.75 Å². The predicted octanol–water partition coefficient (Wildman–Crippen LogP) is 3.01. The van der Waals surface area contributed by atoms with Crippen LogP contribution in [0.4, 0.5) is 0 Å². The lowest BCUT2D eigenvalue weighted by molar-refractivity contribution is 0.403. The minimum Gasteiger partial charge on any atom is -0.496 e. The van der Waals surface area contributed by atoms with Crippen molar-refractivity contribution in [2.24, 2.45) is 5.73 Å². The van der Waals surface area contributed by atoms with Crippen LogP contribution in [0.15, 0.2) is 18.2 Å².